The molecular weight excluding hydrogens is 286 g/mol. The minimum absolute atomic E-state index is 0.126. The molecule has 0 saturated heterocycles. The molecule has 0 saturated carbocycles. The SMILES string of the molecule is Cc1ccc(NC(=O)[C@H](C)Sc2nccc(=O)[nH]2)c(C)c1. The molecule has 0 aliphatic rings. The third-order valence-electron chi connectivity index (χ3n) is 2.95. The zero-order chi connectivity index (χ0) is 15.4. The van der Waals surface area contributed by atoms with Gasteiger partial charge in [0.2, 0.25) is 5.91 Å². The molecule has 2 aromatic rings. The topological polar surface area (TPSA) is 74.8 Å². The molecule has 1 heterocycles. The van der Waals surface area contributed by atoms with Crippen molar-refractivity contribution in [2.45, 2.75) is 31.2 Å². The Morgan fingerprint density at radius 2 is 2.10 bits per heavy atom. The second-order valence-corrected chi connectivity index (χ2v) is 6.14. The normalized spacial score (nSPS) is 12.0. The number of amides is 1. The van der Waals surface area contributed by atoms with Gasteiger partial charge >= 0.3 is 0 Å². The van der Waals surface area contributed by atoms with Crippen LogP contribution in [0.4, 0.5) is 5.69 Å². The number of hydrogen-bond donors (Lipinski definition) is 2. The first kappa shape index (κ1) is 15.3. The highest BCUT2D eigenvalue weighted by Crippen LogP contribution is 2.21. The van der Waals surface area contributed by atoms with Gasteiger partial charge in [-0.05, 0) is 32.4 Å². The highest BCUT2D eigenvalue weighted by atomic mass is 32.2. The van der Waals surface area contributed by atoms with Gasteiger partial charge in [0.05, 0.1) is 5.25 Å². The molecule has 0 fully saturated rings. The van der Waals surface area contributed by atoms with Crippen LogP contribution < -0.4 is 10.9 Å². The van der Waals surface area contributed by atoms with Crippen LogP contribution in [0.15, 0.2) is 40.4 Å². The van der Waals surface area contributed by atoms with Gasteiger partial charge in [0.25, 0.3) is 5.56 Å². The van der Waals surface area contributed by atoms with Crippen molar-refractivity contribution in [2.24, 2.45) is 0 Å². The summed E-state index contributed by atoms with van der Waals surface area (Å²) in [5.41, 5.74) is 2.74. The number of carbonyl (C=O) groups excluding carboxylic acids is 1. The van der Waals surface area contributed by atoms with E-state index in [0.717, 1.165) is 16.8 Å². The van der Waals surface area contributed by atoms with Gasteiger partial charge in [-0.25, -0.2) is 4.98 Å². The highest BCUT2D eigenvalue weighted by molar-refractivity contribution is 8.00. The molecule has 6 heteroatoms. The lowest BCUT2D eigenvalue weighted by atomic mass is 10.1. The number of H-pyrrole nitrogens is 1. The first-order valence-corrected chi connectivity index (χ1v) is 7.44. The third-order valence-corrected chi connectivity index (χ3v) is 3.94. The van der Waals surface area contributed by atoms with E-state index in [1.807, 2.05) is 32.0 Å². The quantitative estimate of drug-likeness (QED) is 0.672. The lowest BCUT2D eigenvalue weighted by Gasteiger charge is -2.13. The van der Waals surface area contributed by atoms with Crippen LogP contribution in [0.25, 0.3) is 0 Å². The van der Waals surface area contributed by atoms with Crippen molar-refractivity contribution in [1.82, 2.24) is 9.97 Å². The van der Waals surface area contributed by atoms with Crippen molar-refractivity contribution in [2.75, 3.05) is 5.32 Å². The third kappa shape index (κ3) is 4.19. The molecular formula is C15H17N3O2S. The number of nitrogens with zero attached hydrogens (tertiary/aromatic N) is 1. The lowest BCUT2D eigenvalue weighted by molar-refractivity contribution is -0.115. The van der Waals surface area contributed by atoms with Gasteiger partial charge < -0.3 is 10.3 Å². The van der Waals surface area contributed by atoms with Crippen LogP contribution >= 0.6 is 11.8 Å². The molecule has 1 aromatic heterocycles. The monoisotopic (exact) mass is 303 g/mol. The number of aromatic nitrogens is 2. The van der Waals surface area contributed by atoms with E-state index < -0.39 is 0 Å². The van der Waals surface area contributed by atoms with E-state index >= 15 is 0 Å². The van der Waals surface area contributed by atoms with Crippen LogP contribution in [0, 0.1) is 13.8 Å². The Morgan fingerprint density at radius 3 is 2.76 bits per heavy atom. The summed E-state index contributed by atoms with van der Waals surface area (Å²) in [6.07, 6.45) is 1.43. The zero-order valence-electron chi connectivity index (χ0n) is 12.1. The maximum absolute atomic E-state index is 12.2. The van der Waals surface area contributed by atoms with E-state index in [2.05, 4.69) is 15.3 Å². The van der Waals surface area contributed by atoms with Crippen molar-refractivity contribution in [1.29, 1.82) is 0 Å². The Hall–Kier alpha value is -2.08. The predicted molar refractivity (Wildman–Crippen MR) is 84.7 cm³/mol. The largest absolute Gasteiger partial charge is 0.325 e. The smallest absolute Gasteiger partial charge is 0.251 e. The van der Waals surface area contributed by atoms with Crippen molar-refractivity contribution >= 4 is 23.4 Å². The molecule has 1 aromatic carbocycles. The molecule has 2 N–H and O–H groups in total. The number of aromatic amines is 1. The fourth-order valence-corrected chi connectivity index (χ4v) is 2.60. The number of benzene rings is 1. The minimum atomic E-state index is -0.365. The number of nitrogens with one attached hydrogen (secondary N) is 2. The first-order chi connectivity index (χ1) is 9.95. The van der Waals surface area contributed by atoms with Crippen LogP contribution in [-0.2, 0) is 4.79 Å². The van der Waals surface area contributed by atoms with E-state index in [1.165, 1.54) is 24.0 Å². The van der Waals surface area contributed by atoms with E-state index in [0.29, 0.717) is 5.16 Å². The van der Waals surface area contributed by atoms with Gasteiger partial charge in [-0.15, -0.1) is 0 Å². The summed E-state index contributed by atoms with van der Waals surface area (Å²) in [6, 6.07) is 7.20. The zero-order valence-corrected chi connectivity index (χ0v) is 13.0. The lowest BCUT2D eigenvalue weighted by Crippen LogP contribution is -2.23. The van der Waals surface area contributed by atoms with E-state index in [4.69, 9.17) is 0 Å². The summed E-state index contributed by atoms with van der Waals surface area (Å²) >= 11 is 1.22. The number of carbonyl (C=O) groups is 1. The Bertz CT molecular complexity index is 712. The van der Waals surface area contributed by atoms with Crippen LogP contribution in [0.3, 0.4) is 0 Å². The van der Waals surface area contributed by atoms with Crippen LogP contribution in [0.5, 0.6) is 0 Å². The second-order valence-electron chi connectivity index (χ2n) is 4.81. The summed E-state index contributed by atoms with van der Waals surface area (Å²) in [7, 11) is 0. The number of anilines is 1. The fraction of sp³-hybridized carbons (Fsp3) is 0.267. The first-order valence-electron chi connectivity index (χ1n) is 6.56. The van der Waals surface area contributed by atoms with Crippen LogP contribution in [0.2, 0.25) is 0 Å². The molecule has 2 rings (SSSR count). The standard InChI is InChI=1S/C15H17N3O2S/c1-9-4-5-12(10(2)8-9)17-14(20)11(3)21-15-16-7-6-13(19)18-15/h4-8,11H,1-3H3,(H,17,20)(H,16,18,19)/t11-/m0/s1. The van der Waals surface area contributed by atoms with Gasteiger partial charge in [-0.3, -0.25) is 9.59 Å². The molecule has 0 spiro atoms. The number of aryl methyl sites for hydroxylation is 2. The fourth-order valence-electron chi connectivity index (χ4n) is 1.82. The Morgan fingerprint density at radius 1 is 1.33 bits per heavy atom. The predicted octanol–water partition coefficient (Wildman–Crippen LogP) is 2.51. The molecule has 0 aliphatic carbocycles. The van der Waals surface area contributed by atoms with Gasteiger partial charge in [0.1, 0.15) is 0 Å². The average Bonchev–Trinajstić information content (AvgIpc) is 2.41. The number of thioether (sulfide) groups is 1. The maximum atomic E-state index is 12.2. The second kappa shape index (κ2) is 6.58. The van der Waals surface area contributed by atoms with E-state index in [-0.39, 0.29) is 16.7 Å². The Balaban J connectivity index is 2.04. The molecule has 5 nitrogen and oxygen atoms in total. The molecule has 0 radical (unpaired) electrons. The van der Waals surface area contributed by atoms with Crippen molar-refractivity contribution < 1.29 is 4.79 Å². The van der Waals surface area contributed by atoms with Gasteiger partial charge in [-0.1, -0.05) is 29.5 Å². The van der Waals surface area contributed by atoms with E-state index in [9.17, 15) is 9.59 Å². The van der Waals surface area contributed by atoms with Crippen molar-refractivity contribution in [3.8, 4) is 0 Å². The molecule has 0 unspecified atom stereocenters. The van der Waals surface area contributed by atoms with E-state index in [1.54, 1.807) is 6.92 Å². The summed E-state index contributed by atoms with van der Waals surface area (Å²) in [6.45, 7) is 5.74. The Labute approximate surface area is 127 Å². The van der Waals surface area contributed by atoms with Crippen LogP contribution in [-0.4, -0.2) is 21.1 Å². The summed E-state index contributed by atoms with van der Waals surface area (Å²) in [5, 5.41) is 2.96. The molecule has 110 valence electrons. The summed E-state index contributed by atoms with van der Waals surface area (Å²) < 4.78 is 0. The van der Waals surface area contributed by atoms with Gasteiger partial charge in [0.15, 0.2) is 5.16 Å². The maximum Gasteiger partial charge on any atom is 0.251 e. The summed E-state index contributed by atoms with van der Waals surface area (Å²) in [5.74, 6) is -0.126. The Kier molecular flexibility index (Phi) is 4.80. The molecule has 1 amide bonds. The summed E-state index contributed by atoms with van der Waals surface area (Å²) in [4.78, 5) is 30.0. The molecule has 0 aliphatic heterocycles. The van der Waals surface area contributed by atoms with Gasteiger partial charge in [0, 0.05) is 18.0 Å². The molecule has 0 bridgehead atoms. The van der Waals surface area contributed by atoms with Crippen molar-refractivity contribution in [3.63, 3.8) is 0 Å². The molecule has 1 atom stereocenters. The van der Waals surface area contributed by atoms with Crippen LogP contribution in [0.1, 0.15) is 18.1 Å². The molecule has 21 heavy (non-hydrogen) atoms. The average molecular weight is 303 g/mol. The number of rotatable bonds is 4. The highest BCUT2D eigenvalue weighted by Gasteiger charge is 2.16. The van der Waals surface area contributed by atoms with Gasteiger partial charge in [-0.2, -0.15) is 0 Å². The minimum Gasteiger partial charge on any atom is -0.325 e. The van der Waals surface area contributed by atoms with Crippen molar-refractivity contribution in [3.05, 3.63) is 51.9 Å². The number of hydrogen-bond acceptors (Lipinski definition) is 4.